The summed E-state index contributed by atoms with van der Waals surface area (Å²) in [5.41, 5.74) is 2.84. The van der Waals surface area contributed by atoms with E-state index in [0.29, 0.717) is 16.1 Å². The van der Waals surface area contributed by atoms with Gasteiger partial charge in [0.2, 0.25) is 0 Å². The molecule has 0 saturated heterocycles. The van der Waals surface area contributed by atoms with Crippen LogP contribution >= 0.6 is 11.6 Å². The molecule has 0 spiro atoms. The zero-order chi connectivity index (χ0) is 16.4. The summed E-state index contributed by atoms with van der Waals surface area (Å²) in [5.74, 6) is -1.12. The third-order valence-corrected chi connectivity index (χ3v) is 3.63. The Labute approximate surface area is 137 Å². The number of nitrogens with zero attached hydrogens (tertiary/aromatic N) is 1. The summed E-state index contributed by atoms with van der Waals surface area (Å²) in [6, 6.07) is 12.5. The number of esters is 1. The lowest BCUT2D eigenvalue weighted by Gasteiger charge is -2.06. The van der Waals surface area contributed by atoms with Gasteiger partial charge in [0.25, 0.3) is 0 Å². The predicted molar refractivity (Wildman–Crippen MR) is 86.5 cm³/mol. The second kappa shape index (κ2) is 6.30. The van der Waals surface area contributed by atoms with Crippen LogP contribution in [0.5, 0.6) is 0 Å². The molecule has 0 fully saturated rings. The zero-order valence-corrected chi connectivity index (χ0v) is 13.2. The number of aromatic nitrogens is 1. The third-order valence-electron chi connectivity index (χ3n) is 3.40. The van der Waals surface area contributed by atoms with E-state index in [9.17, 15) is 9.59 Å². The van der Waals surface area contributed by atoms with E-state index in [1.165, 1.54) is 10.6 Å². The standard InChI is InChI=1S/C17H14ClNO4/c1-11-3-2-4-12(7-11)10-22-16(20)9-19-14-6-5-13(18)8-15(14)23-17(19)21/h2-8H,9-10H2,1H3. The molecule has 1 aromatic heterocycles. The summed E-state index contributed by atoms with van der Waals surface area (Å²) in [5, 5.41) is 0.459. The van der Waals surface area contributed by atoms with Crippen molar-refractivity contribution in [3.05, 3.63) is 69.2 Å². The minimum Gasteiger partial charge on any atom is -0.459 e. The van der Waals surface area contributed by atoms with Gasteiger partial charge >= 0.3 is 11.7 Å². The molecule has 3 rings (SSSR count). The van der Waals surface area contributed by atoms with Crippen LogP contribution in [-0.2, 0) is 22.7 Å². The number of benzene rings is 2. The highest BCUT2D eigenvalue weighted by Crippen LogP contribution is 2.18. The molecule has 3 aromatic rings. The number of ether oxygens (including phenoxy) is 1. The molecular weight excluding hydrogens is 318 g/mol. The molecule has 0 aliphatic rings. The monoisotopic (exact) mass is 331 g/mol. The topological polar surface area (TPSA) is 61.4 Å². The Kier molecular flexibility index (Phi) is 4.21. The lowest BCUT2D eigenvalue weighted by atomic mass is 10.1. The summed E-state index contributed by atoms with van der Waals surface area (Å²) < 4.78 is 11.5. The molecular formula is C17H14ClNO4. The Morgan fingerprint density at radius 2 is 2.09 bits per heavy atom. The first-order valence-electron chi connectivity index (χ1n) is 7.03. The Balaban J connectivity index is 1.73. The van der Waals surface area contributed by atoms with Crippen LogP contribution < -0.4 is 5.76 Å². The Morgan fingerprint density at radius 1 is 1.26 bits per heavy atom. The van der Waals surface area contributed by atoms with Crippen LogP contribution in [0.4, 0.5) is 0 Å². The second-order valence-corrected chi connectivity index (χ2v) is 5.65. The largest absolute Gasteiger partial charge is 0.459 e. The number of fused-ring (bicyclic) bond motifs is 1. The Hall–Kier alpha value is -2.53. The first kappa shape index (κ1) is 15.4. The maximum absolute atomic E-state index is 12.0. The number of halogens is 1. The minimum absolute atomic E-state index is 0.164. The number of aryl methyl sites for hydroxylation is 1. The highest BCUT2D eigenvalue weighted by Gasteiger charge is 2.14. The molecule has 0 atom stereocenters. The molecule has 0 saturated carbocycles. The molecule has 0 unspecified atom stereocenters. The molecule has 5 nitrogen and oxygen atoms in total. The SMILES string of the molecule is Cc1cccc(COC(=O)Cn2c(=O)oc3cc(Cl)ccc32)c1. The fraction of sp³-hybridized carbons (Fsp3) is 0.176. The van der Waals surface area contributed by atoms with Crippen molar-refractivity contribution in [1.82, 2.24) is 4.57 Å². The smallest absolute Gasteiger partial charge is 0.420 e. The van der Waals surface area contributed by atoms with Crippen molar-refractivity contribution in [2.45, 2.75) is 20.1 Å². The van der Waals surface area contributed by atoms with E-state index in [0.717, 1.165) is 11.1 Å². The fourth-order valence-electron chi connectivity index (χ4n) is 2.33. The molecule has 0 bridgehead atoms. The van der Waals surface area contributed by atoms with Crippen LogP contribution in [0.3, 0.4) is 0 Å². The number of carbonyl (C=O) groups excluding carboxylic acids is 1. The Morgan fingerprint density at radius 3 is 2.87 bits per heavy atom. The maximum Gasteiger partial charge on any atom is 0.420 e. The highest BCUT2D eigenvalue weighted by atomic mass is 35.5. The van der Waals surface area contributed by atoms with Gasteiger partial charge in [-0.1, -0.05) is 41.4 Å². The van der Waals surface area contributed by atoms with E-state index in [2.05, 4.69) is 0 Å². The number of oxazole rings is 1. The first-order chi connectivity index (χ1) is 11.0. The number of hydrogen-bond acceptors (Lipinski definition) is 4. The van der Waals surface area contributed by atoms with Gasteiger partial charge in [0, 0.05) is 11.1 Å². The lowest BCUT2D eigenvalue weighted by molar-refractivity contribution is -0.145. The number of hydrogen-bond donors (Lipinski definition) is 0. The van der Waals surface area contributed by atoms with Gasteiger partial charge in [-0.15, -0.1) is 0 Å². The summed E-state index contributed by atoms with van der Waals surface area (Å²) in [6.07, 6.45) is 0. The number of rotatable bonds is 4. The van der Waals surface area contributed by atoms with E-state index in [1.54, 1.807) is 12.1 Å². The predicted octanol–water partition coefficient (Wildman–Crippen LogP) is 3.30. The van der Waals surface area contributed by atoms with Crippen LogP contribution in [0.2, 0.25) is 5.02 Å². The zero-order valence-electron chi connectivity index (χ0n) is 12.4. The normalized spacial score (nSPS) is 10.9. The van der Waals surface area contributed by atoms with Crippen molar-refractivity contribution >= 4 is 28.7 Å². The van der Waals surface area contributed by atoms with Crippen LogP contribution in [0, 0.1) is 6.92 Å². The van der Waals surface area contributed by atoms with Crippen molar-refractivity contribution in [2.24, 2.45) is 0 Å². The van der Waals surface area contributed by atoms with Gasteiger partial charge in [-0.25, -0.2) is 4.79 Å². The van der Waals surface area contributed by atoms with Crippen LogP contribution in [0.15, 0.2) is 51.7 Å². The van der Waals surface area contributed by atoms with Gasteiger partial charge < -0.3 is 9.15 Å². The lowest BCUT2D eigenvalue weighted by Crippen LogP contribution is -2.21. The summed E-state index contributed by atoms with van der Waals surface area (Å²) in [7, 11) is 0. The van der Waals surface area contributed by atoms with Crippen molar-refractivity contribution in [3.63, 3.8) is 0 Å². The van der Waals surface area contributed by atoms with Gasteiger partial charge in [-0.2, -0.15) is 0 Å². The van der Waals surface area contributed by atoms with Gasteiger partial charge in [0.1, 0.15) is 13.2 Å². The molecule has 23 heavy (non-hydrogen) atoms. The average Bonchev–Trinajstić information content (AvgIpc) is 2.80. The molecule has 0 N–H and O–H groups in total. The van der Waals surface area contributed by atoms with Crippen LogP contribution in [-0.4, -0.2) is 10.5 Å². The van der Waals surface area contributed by atoms with Crippen molar-refractivity contribution in [1.29, 1.82) is 0 Å². The van der Waals surface area contributed by atoms with Gasteiger partial charge in [-0.05, 0) is 24.6 Å². The molecule has 2 aromatic carbocycles. The number of carbonyl (C=O) groups is 1. The molecule has 6 heteroatoms. The quantitative estimate of drug-likeness (QED) is 0.688. The molecule has 0 amide bonds. The highest BCUT2D eigenvalue weighted by molar-refractivity contribution is 6.31. The van der Waals surface area contributed by atoms with Gasteiger partial charge in [0.05, 0.1) is 5.52 Å². The van der Waals surface area contributed by atoms with E-state index >= 15 is 0 Å². The average molecular weight is 332 g/mol. The van der Waals surface area contributed by atoms with Crippen molar-refractivity contribution in [3.8, 4) is 0 Å². The summed E-state index contributed by atoms with van der Waals surface area (Å²) in [4.78, 5) is 23.8. The maximum atomic E-state index is 12.0. The third kappa shape index (κ3) is 3.46. The first-order valence-corrected chi connectivity index (χ1v) is 7.41. The van der Waals surface area contributed by atoms with E-state index in [1.807, 2.05) is 31.2 Å². The van der Waals surface area contributed by atoms with Crippen LogP contribution in [0.1, 0.15) is 11.1 Å². The van der Waals surface area contributed by atoms with Crippen molar-refractivity contribution < 1.29 is 13.9 Å². The summed E-state index contributed by atoms with van der Waals surface area (Å²) >= 11 is 5.85. The van der Waals surface area contributed by atoms with E-state index in [-0.39, 0.29) is 13.2 Å². The minimum atomic E-state index is -0.616. The summed E-state index contributed by atoms with van der Waals surface area (Å²) in [6.45, 7) is 1.92. The van der Waals surface area contributed by atoms with Crippen LogP contribution in [0.25, 0.3) is 11.1 Å². The Bertz CT molecular complexity index is 926. The molecule has 0 aliphatic carbocycles. The molecule has 0 radical (unpaired) electrons. The van der Waals surface area contributed by atoms with Gasteiger partial charge in [-0.3, -0.25) is 9.36 Å². The van der Waals surface area contributed by atoms with E-state index in [4.69, 9.17) is 20.8 Å². The van der Waals surface area contributed by atoms with Gasteiger partial charge in [0.15, 0.2) is 5.58 Å². The fourth-order valence-corrected chi connectivity index (χ4v) is 2.49. The molecule has 1 heterocycles. The second-order valence-electron chi connectivity index (χ2n) is 5.22. The molecule has 118 valence electrons. The van der Waals surface area contributed by atoms with E-state index < -0.39 is 11.7 Å². The van der Waals surface area contributed by atoms with Crippen molar-refractivity contribution in [2.75, 3.05) is 0 Å². The molecule has 0 aliphatic heterocycles.